The van der Waals surface area contributed by atoms with E-state index in [0.29, 0.717) is 12.2 Å². The zero-order chi connectivity index (χ0) is 19.3. The van der Waals surface area contributed by atoms with E-state index < -0.39 is 0 Å². The van der Waals surface area contributed by atoms with Crippen molar-refractivity contribution in [1.82, 2.24) is 0 Å². The van der Waals surface area contributed by atoms with Gasteiger partial charge in [-0.1, -0.05) is 36.4 Å². The lowest BCUT2D eigenvalue weighted by Gasteiger charge is -2.33. The summed E-state index contributed by atoms with van der Waals surface area (Å²) in [6.45, 7) is 0. The molecule has 1 unspecified atom stereocenters. The molecular weight excluding hydrogens is 352 g/mol. The number of carbonyl (C=O) groups excluding carboxylic acids is 1. The molecule has 0 radical (unpaired) electrons. The number of methoxy groups -OCH3 is 1. The zero-order valence-electron chi connectivity index (χ0n) is 15.6. The average Bonchev–Trinajstić information content (AvgIpc) is 2.73. The van der Waals surface area contributed by atoms with Crippen molar-refractivity contribution in [3.05, 3.63) is 77.1 Å². The van der Waals surface area contributed by atoms with Crippen LogP contribution >= 0.6 is 0 Å². The van der Waals surface area contributed by atoms with Crippen LogP contribution in [0.3, 0.4) is 0 Å². The normalized spacial score (nSPS) is 18.5. The number of aromatic hydroxyl groups is 1. The molecule has 0 aromatic heterocycles. The van der Waals surface area contributed by atoms with Crippen molar-refractivity contribution in [3.8, 4) is 17.2 Å². The van der Waals surface area contributed by atoms with Gasteiger partial charge in [-0.3, -0.25) is 4.79 Å². The molecule has 0 fully saturated rings. The van der Waals surface area contributed by atoms with Gasteiger partial charge in [0.15, 0.2) is 17.3 Å². The van der Waals surface area contributed by atoms with Crippen molar-refractivity contribution in [2.45, 2.75) is 25.2 Å². The summed E-state index contributed by atoms with van der Waals surface area (Å²) in [5.74, 6) is 1.95. The predicted molar refractivity (Wildman–Crippen MR) is 107 cm³/mol. The van der Waals surface area contributed by atoms with Gasteiger partial charge in [-0.15, -0.1) is 0 Å². The Kier molecular flexibility index (Phi) is 3.86. The van der Waals surface area contributed by atoms with Crippen molar-refractivity contribution >= 4 is 16.6 Å². The highest BCUT2D eigenvalue weighted by Crippen LogP contribution is 2.50. The van der Waals surface area contributed by atoms with E-state index in [2.05, 4.69) is 18.2 Å². The summed E-state index contributed by atoms with van der Waals surface area (Å²) in [6, 6.07) is 17.5. The summed E-state index contributed by atoms with van der Waals surface area (Å²) in [5.41, 5.74) is 2.65. The molecule has 1 heterocycles. The summed E-state index contributed by atoms with van der Waals surface area (Å²) in [4.78, 5) is 13.0. The van der Waals surface area contributed by atoms with Gasteiger partial charge in [0, 0.05) is 29.9 Å². The second kappa shape index (κ2) is 6.41. The van der Waals surface area contributed by atoms with Gasteiger partial charge >= 0.3 is 0 Å². The lowest BCUT2D eigenvalue weighted by molar-refractivity contribution is -0.116. The first-order chi connectivity index (χ1) is 13.7. The molecule has 3 aromatic rings. The topological polar surface area (TPSA) is 55.8 Å². The molecule has 1 aliphatic heterocycles. The standard InChI is InChI=1S/C24H20O4/c1-27-21-13-15(9-11-17(21)25)22-23-16-6-3-2-5-14(16)10-12-20(23)28-19-8-4-7-18(26)24(19)22/h2-3,5-6,9-13,22,25H,4,7-8H2,1H3. The number of carbonyl (C=O) groups is 1. The number of ether oxygens (including phenoxy) is 2. The minimum Gasteiger partial charge on any atom is -0.504 e. The van der Waals surface area contributed by atoms with Crippen LogP contribution in [0, 0.1) is 0 Å². The van der Waals surface area contributed by atoms with E-state index in [4.69, 9.17) is 9.47 Å². The Morgan fingerprint density at radius 3 is 2.79 bits per heavy atom. The van der Waals surface area contributed by atoms with Crippen LogP contribution in [0.2, 0.25) is 0 Å². The molecule has 0 amide bonds. The molecule has 4 nitrogen and oxygen atoms in total. The van der Waals surface area contributed by atoms with Gasteiger partial charge in [0.1, 0.15) is 11.5 Å². The molecule has 1 aliphatic carbocycles. The Balaban J connectivity index is 1.82. The number of phenols is 1. The lowest BCUT2D eigenvalue weighted by Crippen LogP contribution is -2.25. The number of allylic oxidation sites excluding steroid dienone is 2. The SMILES string of the molecule is COc1cc(C2C3=C(CCCC3=O)Oc3ccc4ccccc4c32)ccc1O. The number of ketones is 1. The number of rotatable bonds is 2. The fraction of sp³-hybridized carbons (Fsp3) is 0.208. The Hall–Kier alpha value is -3.27. The van der Waals surface area contributed by atoms with E-state index in [-0.39, 0.29) is 17.5 Å². The summed E-state index contributed by atoms with van der Waals surface area (Å²) in [5, 5.41) is 12.2. The van der Waals surface area contributed by atoms with E-state index in [0.717, 1.165) is 51.8 Å². The molecule has 3 aromatic carbocycles. The minimum atomic E-state index is -0.243. The number of benzene rings is 3. The highest BCUT2D eigenvalue weighted by molar-refractivity contribution is 6.01. The Morgan fingerprint density at radius 2 is 1.93 bits per heavy atom. The summed E-state index contributed by atoms with van der Waals surface area (Å²) >= 11 is 0. The van der Waals surface area contributed by atoms with E-state index in [1.54, 1.807) is 6.07 Å². The highest BCUT2D eigenvalue weighted by Gasteiger charge is 2.37. The Labute approximate surface area is 163 Å². The molecule has 0 spiro atoms. The third kappa shape index (κ3) is 2.48. The van der Waals surface area contributed by atoms with Crippen LogP contribution < -0.4 is 9.47 Å². The van der Waals surface area contributed by atoms with Crippen LogP contribution in [0.4, 0.5) is 0 Å². The number of fused-ring (bicyclic) bond motifs is 3. The van der Waals surface area contributed by atoms with Crippen LogP contribution in [-0.2, 0) is 4.79 Å². The number of hydrogen-bond donors (Lipinski definition) is 1. The molecule has 5 rings (SSSR count). The molecule has 28 heavy (non-hydrogen) atoms. The zero-order valence-corrected chi connectivity index (χ0v) is 15.6. The van der Waals surface area contributed by atoms with Crippen molar-refractivity contribution in [2.24, 2.45) is 0 Å². The van der Waals surface area contributed by atoms with Crippen LogP contribution in [0.15, 0.2) is 65.9 Å². The van der Waals surface area contributed by atoms with Gasteiger partial charge in [-0.05, 0) is 41.0 Å². The molecule has 4 heteroatoms. The molecule has 1 atom stereocenters. The maximum absolute atomic E-state index is 13.0. The molecule has 1 N–H and O–H groups in total. The summed E-state index contributed by atoms with van der Waals surface area (Å²) in [6.07, 6.45) is 2.11. The lowest BCUT2D eigenvalue weighted by atomic mass is 9.75. The van der Waals surface area contributed by atoms with E-state index in [1.807, 2.05) is 30.3 Å². The first-order valence-electron chi connectivity index (χ1n) is 9.50. The second-order valence-corrected chi connectivity index (χ2v) is 7.28. The molecule has 2 aliphatic rings. The van der Waals surface area contributed by atoms with Crippen LogP contribution in [0.25, 0.3) is 10.8 Å². The Bertz CT molecular complexity index is 1140. The third-order valence-electron chi connectivity index (χ3n) is 5.69. The van der Waals surface area contributed by atoms with E-state index in [9.17, 15) is 9.90 Å². The van der Waals surface area contributed by atoms with Gasteiger partial charge in [0.2, 0.25) is 0 Å². The van der Waals surface area contributed by atoms with Gasteiger partial charge in [-0.2, -0.15) is 0 Å². The van der Waals surface area contributed by atoms with Crippen molar-refractivity contribution < 1.29 is 19.4 Å². The predicted octanol–water partition coefficient (Wildman–Crippen LogP) is 5.09. The summed E-state index contributed by atoms with van der Waals surface area (Å²) in [7, 11) is 1.53. The summed E-state index contributed by atoms with van der Waals surface area (Å²) < 4.78 is 11.6. The van der Waals surface area contributed by atoms with Gasteiger partial charge in [0.25, 0.3) is 0 Å². The van der Waals surface area contributed by atoms with Crippen molar-refractivity contribution in [1.29, 1.82) is 0 Å². The van der Waals surface area contributed by atoms with E-state index >= 15 is 0 Å². The fourth-order valence-electron chi connectivity index (χ4n) is 4.41. The average molecular weight is 372 g/mol. The van der Waals surface area contributed by atoms with Crippen molar-refractivity contribution in [2.75, 3.05) is 7.11 Å². The number of hydrogen-bond acceptors (Lipinski definition) is 4. The maximum atomic E-state index is 13.0. The maximum Gasteiger partial charge on any atom is 0.163 e. The quantitative estimate of drug-likeness (QED) is 0.681. The Morgan fingerprint density at radius 1 is 1.07 bits per heavy atom. The first-order valence-corrected chi connectivity index (χ1v) is 9.50. The fourth-order valence-corrected chi connectivity index (χ4v) is 4.41. The monoisotopic (exact) mass is 372 g/mol. The van der Waals surface area contributed by atoms with Gasteiger partial charge in [0.05, 0.1) is 7.11 Å². The van der Waals surface area contributed by atoms with Crippen LogP contribution in [0.5, 0.6) is 17.2 Å². The van der Waals surface area contributed by atoms with Crippen molar-refractivity contribution in [3.63, 3.8) is 0 Å². The minimum absolute atomic E-state index is 0.0839. The second-order valence-electron chi connectivity index (χ2n) is 7.28. The van der Waals surface area contributed by atoms with Crippen LogP contribution in [0.1, 0.15) is 36.3 Å². The molecule has 0 saturated carbocycles. The largest absolute Gasteiger partial charge is 0.504 e. The number of Topliss-reactive ketones (excluding diaryl/α,β-unsaturated/α-hetero) is 1. The highest BCUT2D eigenvalue weighted by atomic mass is 16.5. The smallest absolute Gasteiger partial charge is 0.163 e. The molecule has 0 bridgehead atoms. The van der Waals surface area contributed by atoms with Gasteiger partial charge in [-0.25, -0.2) is 0 Å². The van der Waals surface area contributed by atoms with Crippen LogP contribution in [-0.4, -0.2) is 18.0 Å². The third-order valence-corrected chi connectivity index (χ3v) is 5.69. The first kappa shape index (κ1) is 16.9. The molecular formula is C24H20O4. The van der Waals surface area contributed by atoms with E-state index in [1.165, 1.54) is 7.11 Å². The molecule has 0 saturated heterocycles. The number of phenolic OH excluding ortho intramolecular Hbond substituents is 1. The molecule has 140 valence electrons. The van der Waals surface area contributed by atoms with Gasteiger partial charge < -0.3 is 14.6 Å².